The summed E-state index contributed by atoms with van der Waals surface area (Å²) in [5, 5.41) is 128. The number of allylic oxidation sites excluding steroid dienone is 1. The van der Waals surface area contributed by atoms with Crippen molar-refractivity contribution >= 4 is 5.97 Å². The van der Waals surface area contributed by atoms with Crippen LogP contribution in [-0.4, -0.2) is 229 Å². The van der Waals surface area contributed by atoms with Crippen molar-refractivity contribution in [2.45, 2.75) is 212 Å². The second-order valence-corrected chi connectivity index (χ2v) is 19.0. The van der Waals surface area contributed by atoms with Gasteiger partial charge in [-0.25, -0.2) is 4.79 Å². The number of carbonyl (C=O) groups is 1. The fourth-order valence-electron chi connectivity index (χ4n) is 10.5. The molecule has 4 aliphatic heterocycles. The predicted molar refractivity (Wildman–Crippen MR) is 216 cm³/mol. The number of esters is 1. The minimum Gasteiger partial charge on any atom is -0.460 e. The molecule has 0 spiro atoms. The van der Waals surface area contributed by atoms with E-state index < -0.39 is 160 Å². The van der Waals surface area contributed by atoms with E-state index in [-0.39, 0.29) is 37.2 Å². The lowest BCUT2D eigenvalue weighted by atomic mass is 9.72. The lowest BCUT2D eigenvalue weighted by Gasteiger charge is -2.52. The summed E-state index contributed by atoms with van der Waals surface area (Å²) < 4.78 is 53.6. The number of hydrogen-bond acceptors (Lipinski definition) is 22. The summed E-state index contributed by atoms with van der Waals surface area (Å²) in [5.41, 5.74) is 0. The average molecular weight is 939 g/mol. The Morgan fingerprint density at radius 1 is 0.569 bits per heavy atom. The number of aliphatic hydroxyl groups is 12. The molecule has 7 rings (SSSR count). The van der Waals surface area contributed by atoms with Gasteiger partial charge in [-0.2, -0.15) is 0 Å². The molecule has 12 N–H and O–H groups in total. The van der Waals surface area contributed by atoms with Crippen molar-refractivity contribution in [2.24, 2.45) is 17.8 Å². The molecular formula is C43H70O22. The van der Waals surface area contributed by atoms with Crippen LogP contribution >= 0.6 is 0 Å². The zero-order valence-electron chi connectivity index (χ0n) is 36.6. The summed E-state index contributed by atoms with van der Waals surface area (Å²) in [6.45, 7) is 0.448. The zero-order chi connectivity index (χ0) is 46.9. The van der Waals surface area contributed by atoms with Crippen molar-refractivity contribution in [3.63, 3.8) is 0 Å². The third-order valence-corrected chi connectivity index (χ3v) is 14.6. The van der Waals surface area contributed by atoms with Crippen molar-refractivity contribution in [1.29, 1.82) is 0 Å². The Morgan fingerprint density at radius 2 is 1.17 bits per heavy atom. The van der Waals surface area contributed by atoms with Crippen LogP contribution in [0.2, 0.25) is 0 Å². The highest BCUT2D eigenvalue weighted by atomic mass is 16.7. The van der Waals surface area contributed by atoms with E-state index in [1.807, 2.05) is 0 Å². The molecule has 7 aliphatic rings. The molecule has 65 heavy (non-hydrogen) atoms. The first-order valence-electron chi connectivity index (χ1n) is 23.0. The van der Waals surface area contributed by atoms with E-state index in [9.17, 15) is 66.1 Å². The molecule has 22 nitrogen and oxygen atoms in total. The van der Waals surface area contributed by atoms with Gasteiger partial charge in [0.15, 0.2) is 18.9 Å². The molecule has 374 valence electrons. The SMILES string of the molecule is COC1CC(C2OC3CC(O)CC(OC4OC(COC(=O)C=CC5CCC(O)CC5)C(O)C(O)C4O)C3CC2OC2OC(COC3OC(C)C(O)C(O)C3O)C(O)C(O)C2O)CCC1O. The molecular weight excluding hydrogens is 868 g/mol. The van der Waals surface area contributed by atoms with Crippen LogP contribution < -0.4 is 0 Å². The molecule has 3 saturated carbocycles. The lowest BCUT2D eigenvalue weighted by Crippen LogP contribution is -2.64. The van der Waals surface area contributed by atoms with E-state index in [4.69, 9.17) is 42.6 Å². The van der Waals surface area contributed by atoms with Crippen molar-refractivity contribution in [2.75, 3.05) is 20.3 Å². The molecule has 7 fully saturated rings. The second kappa shape index (κ2) is 22.4. The van der Waals surface area contributed by atoms with Crippen LogP contribution in [0.5, 0.6) is 0 Å². The maximum Gasteiger partial charge on any atom is 0.330 e. The number of hydrogen-bond donors (Lipinski definition) is 12. The first-order valence-corrected chi connectivity index (χ1v) is 23.0. The van der Waals surface area contributed by atoms with Crippen LogP contribution in [0.1, 0.15) is 71.1 Å². The first kappa shape index (κ1) is 51.3. The van der Waals surface area contributed by atoms with E-state index in [2.05, 4.69) is 0 Å². The highest BCUT2D eigenvalue weighted by Crippen LogP contribution is 2.45. The number of aliphatic hydroxyl groups excluding tert-OH is 12. The van der Waals surface area contributed by atoms with Crippen molar-refractivity contribution in [3.05, 3.63) is 12.2 Å². The monoisotopic (exact) mass is 938 g/mol. The van der Waals surface area contributed by atoms with Gasteiger partial charge in [0.2, 0.25) is 0 Å². The smallest absolute Gasteiger partial charge is 0.330 e. The molecule has 0 amide bonds. The van der Waals surface area contributed by atoms with Gasteiger partial charge in [0.05, 0.1) is 61.5 Å². The summed E-state index contributed by atoms with van der Waals surface area (Å²) in [6, 6.07) is 0. The minimum absolute atomic E-state index is 0.0173. The van der Waals surface area contributed by atoms with E-state index in [1.165, 1.54) is 20.1 Å². The Balaban J connectivity index is 1.05. The maximum absolute atomic E-state index is 12.6. The number of methoxy groups -OCH3 is 1. The van der Waals surface area contributed by atoms with Crippen molar-refractivity contribution < 1.29 is 109 Å². The van der Waals surface area contributed by atoms with E-state index in [0.29, 0.717) is 32.1 Å². The van der Waals surface area contributed by atoms with Crippen molar-refractivity contribution in [1.82, 2.24) is 0 Å². The predicted octanol–water partition coefficient (Wildman–Crippen LogP) is -4.03. The van der Waals surface area contributed by atoms with Crippen LogP contribution in [0, 0.1) is 17.8 Å². The molecule has 24 atom stereocenters. The van der Waals surface area contributed by atoms with Crippen LogP contribution in [-0.2, 0) is 47.4 Å². The summed E-state index contributed by atoms with van der Waals surface area (Å²) in [7, 11) is 1.48. The number of carbonyl (C=O) groups excluding carboxylic acids is 1. The maximum atomic E-state index is 12.6. The second-order valence-electron chi connectivity index (χ2n) is 19.0. The largest absolute Gasteiger partial charge is 0.460 e. The van der Waals surface area contributed by atoms with Gasteiger partial charge in [-0.3, -0.25) is 0 Å². The standard InChI is InChI=1S/C43H70O22/c1-17-31(48)34(51)37(54)41(60-17)59-16-29-33(50)36(53)39(56)43(65-29)63-27-14-22-24(61-40(27)19-6-9-23(46)26(11-19)57-2)12-21(45)13-25(22)62-42-38(55)35(52)32(49)28(64-42)15-58-30(47)10-5-18-3-7-20(44)8-4-18/h5,10,17-29,31-46,48-56H,3-4,6-9,11-16H2,1-2H3. The summed E-state index contributed by atoms with van der Waals surface area (Å²) in [5.74, 6) is -1.50. The summed E-state index contributed by atoms with van der Waals surface area (Å²) in [4.78, 5) is 12.6. The third kappa shape index (κ3) is 11.9. The van der Waals surface area contributed by atoms with Gasteiger partial charge >= 0.3 is 5.97 Å². The van der Waals surface area contributed by atoms with Gasteiger partial charge in [-0.05, 0) is 76.5 Å². The van der Waals surface area contributed by atoms with Gasteiger partial charge in [0.25, 0.3) is 0 Å². The highest BCUT2D eigenvalue weighted by Gasteiger charge is 2.55. The Labute approximate surface area is 376 Å². The number of fused-ring (bicyclic) bond motifs is 1. The normalized spacial score (nSPS) is 51.0. The summed E-state index contributed by atoms with van der Waals surface area (Å²) >= 11 is 0. The molecule has 24 unspecified atom stereocenters. The molecule has 0 aromatic rings. The van der Waals surface area contributed by atoms with Gasteiger partial charge in [-0.1, -0.05) is 6.08 Å². The highest BCUT2D eigenvalue weighted by molar-refractivity contribution is 5.81. The third-order valence-electron chi connectivity index (χ3n) is 14.6. The van der Waals surface area contributed by atoms with E-state index >= 15 is 0 Å². The molecule has 22 heteroatoms. The fourth-order valence-corrected chi connectivity index (χ4v) is 10.5. The number of rotatable bonds is 13. The molecule has 3 aliphatic carbocycles. The van der Waals surface area contributed by atoms with Crippen LogP contribution in [0.3, 0.4) is 0 Å². The molecule has 0 aromatic heterocycles. The Bertz CT molecular complexity index is 1540. The van der Waals surface area contributed by atoms with Gasteiger partial charge in [0, 0.05) is 25.5 Å². The zero-order valence-corrected chi connectivity index (χ0v) is 36.6. The van der Waals surface area contributed by atoms with E-state index in [1.54, 1.807) is 6.08 Å². The average Bonchev–Trinajstić information content (AvgIpc) is 3.29. The Hall–Kier alpha value is -1.59. The minimum atomic E-state index is -1.81. The summed E-state index contributed by atoms with van der Waals surface area (Å²) in [6.07, 6.45) is -22.1. The fraction of sp³-hybridized carbons (Fsp3) is 0.930. The lowest BCUT2D eigenvalue weighted by molar-refractivity contribution is -0.351. The Morgan fingerprint density at radius 3 is 1.82 bits per heavy atom. The molecule has 4 saturated heterocycles. The molecule has 0 bridgehead atoms. The van der Waals surface area contributed by atoms with Crippen LogP contribution in [0.4, 0.5) is 0 Å². The van der Waals surface area contributed by atoms with E-state index in [0.717, 1.165) is 12.8 Å². The Kier molecular flexibility index (Phi) is 17.7. The first-order chi connectivity index (χ1) is 30.9. The van der Waals surface area contributed by atoms with Gasteiger partial charge in [0.1, 0.15) is 73.8 Å². The molecule has 0 aromatic carbocycles. The van der Waals surface area contributed by atoms with Crippen molar-refractivity contribution in [3.8, 4) is 0 Å². The van der Waals surface area contributed by atoms with Crippen LogP contribution in [0.15, 0.2) is 12.2 Å². The molecule has 4 heterocycles. The van der Waals surface area contributed by atoms with Gasteiger partial charge < -0.3 is 104 Å². The molecule has 0 radical (unpaired) electrons. The van der Waals surface area contributed by atoms with Crippen LogP contribution in [0.25, 0.3) is 0 Å². The number of ether oxygens (including phenoxy) is 9. The quantitative estimate of drug-likeness (QED) is 0.0618. The topological polar surface area (TPSA) is 343 Å². The van der Waals surface area contributed by atoms with Gasteiger partial charge in [-0.15, -0.1) is 0 Å².